The quantitative estimate of drug-likeness (QED) is 0.819. The van der Waals surface area contributed by atoms with Crippen LogP contribution in [-0.4, -0.2) is 12.6 Å². The third-order valence-corrected chi connectivity index (χ3v) is 4.95. The first-order chi connectivity index (χ1) is 9.78. The van der Waals surface area contributed by atoms with Gasteiger partial charge in [-0.2, -0.15) is 0 Å². The Morgan fingerprint density at radius 2 is 2.05 bits per heavy atom. The summed E-state index contributed by atoms with van der Waals surface area (Å²) in [6.45, 7) is 12.2. The van der Waals surface area contributed by atoms with Gasteiger partial charge in [0, 0.05) is 6.04 Å². The summed E-state index contributed by atoms with van der Waals surface area (Å²) in [6.07, 6.45) is 3.74. The van der Waals surface area contributed by atoms with Crippen molar-refractivity contribution in [2.24, 2.45) is 11.3 Å². The lowest BCUT2D eigenvalue weighted by molar-refractivity contribution is 0.158. The molecule has 0 radical (unpaired) electrons. The van der Waals surface area contributed by atoms with Gasteiger partial charge in [0.15, 0.2) is 0 Å². The van der Waals surface area contributed by atoms with Gasteiger partial charge >= 0.3 is 0 Å². The monoisotopic (exact) mass is 291 g/mol. The smallest absolute Gasteiger partial charge is 0.123 e. The molecular formula is C19H30FN. The standard InChI is InChI=1S/C19H30FN/c1-13(2)21-12-15-8-9-19(4,5)11-18(15)17-7-6-16(20)10-14(17)3/h6-7,10,13,15,18,21H,8-9,11-12H2,1-5H3. The number of aryl methyl sites for hydroxylation is 1. The Balaban J connectivity index is 2.24. The predicted octanol–water partition coefficient (Wildman–Crippen LogP) is 5.04. The van der Waals surface area contributed by atoms with E-state index in [2.05, 4.69) is 33.0 Å². The first-order valence-corrected chi connectivity index (χ1v) is 8.28. The average molecular weight is 291 g/mol. The molecular weight excluding hydrogens is 261 g/mol. The maximum absolute atomic E-state index is 13.4. The number of rotatable bonds is 4. The van der Waals surface area contributed by atoms with E-state index in [4.69, 9.17) is 0 Å². The molecule has 2 atom stereocenters. The highest BCUT2D eigenvalue weighted by molar-refractivity contribution is 5.31. The van der Waals surface area contributed by atoms with Crippen molar-refractivity contribution in [2.45, 2.75) is 65.8 Å². The molecule has 2 unspecified atom stereocenters. The van der Waals surface area contributed by atoms with E-state index < -0.39 is 0 Å². The predicted molar refractivity (Wildman–Crippen MR) is 88.1 cm³/mol. The number of hydrogen-bond donors (Lipinski definition) is 1. The van der Waals surface area contributed by atoms with E-state index in [-0.39, 0.29) is 5.82 Å². The Labute approximate surface area is 129 Å². The first-order valence-electron chi connectivity index (χ1n) is 8.28. The normalized spacial score (nSPS) is 25.3. The third kappa shape index (κ3) is 4.29. The number of halogens is 1. The van der Waals surface area contributed by atoms with Crippen LogP contribution < -0.4 is 5.32 Å². The molecule has 0 bridgehead atoms. The van der Waals surface area contributed by atoms with Gasteiger partial charge in [0.1, 0.15) is 5.82 Å². The molecule has 1 nitrogen and oxygen atoms in total. The van der Waals surface area contributed by atoms with Crippen LogP contribution in [-0.2, 0) is 0 Å². The molecule has 1 fully saturated rings. The zero-order valence-electron chi connectivity index (χ0n) is 14.2. The highest BCUT2D eigenvalue weighted by atomic mass is 19.1. The minimum absolute atomic E-state index is 0.122. The van der Waals surface area contributed by atoms with Crippen LogP contribution in [0, 0.1) is 24.1 Å². The molecule has 1 aliphatic carbocycles. The number of hydrogen-bond acceptors (Lipinski definition) is 1. The summed E-state index contributed by atoms with van der Waals surface area (Å²) in [4.78, 5) is 0. The molecule has 1 aliphatic rings. The summed E-state index contributed by atoms with van der Waals surface area (Å²) < 4.78 is 13.4. The lowest BCUT2D eigenvalue weighted by atomic mass is 9.64. The molecule has 0 saturated heterocycles. The highest BCUT2D eigenvalue weighted by Gasteiger charge is 2.36. The van der Waals surface area contributed by atoms with E-state index in [0.717, 1.165) is 12.1 Å². The molecule has 0 heterocycles. The van der Waals surface area contributed by atoms with Crippen molar-refractivity contribution in [3.8, 4) is 0 Å². The molecule has 0 spiro atoms. The molecule has 1 N–H and O–H groups in total. The lowest BCUT2D eigenvalue weighted by Gasteiger charge is -2.42. The van der Waals surface area contributed by atoms with Gasteiger partial charge in [-0.05, 0) is 73.2 Å². The largest absolute Gasteiger partial charge is 0.314 e. The SMILES string of the molecule is Cc1cc(F)ccc1C1CC(C)(C)CCC1CNC(C)C. The van der Waals surface area contributed by atoms with E-state index in [1.807, 2.05) is 13.0 Å². The van der Waals surface area contributed by atoms with Crippen LogP contribution in [0.4, 0.5) is 4.39 Å². The summed E-state index contributed by atoms with van der Waals surface area (Å²) in [7, 11) is 0. The van der Waals surface area contributed by atoms with Crippen LogP contribution in [0.1, 0.15) is 64.0 Å². The third-order valence-electron chi connectivity index (χ3n) is 4.95. The molecule has 1 aromatic rings. The Morgan fingerprint density at radius 1 is 1.33 bits per heavy atom. The number of nitrogens with one attached hydrogen (secondary N) is 1. The van der Waals surface area contributed by atoms with Crippen molar-refractivity contribution in [3.05, 3.63) is 35.1 Å². The molecule has 0 amide bonds. The zero-order valence-corrected chi connectivity index (χ0v) is 14.2. The van der Waals surface area contributed by atoms with Gasteiger partial charge in [-0.25, -0.2) is 4.39 Å². The van der Waals surface area contributed by atoms with Crippen LogP contribution in [0.15, 0.2) is 18.2 Å². The second-order valence-corrected chi connectivity index (χ2v) is 7.84. The summed E-state index contributed by atoms with van der Waals surface area (Å²) in [5.41, 5.74) is 2.84. The summed E-state index contributed by atoms with van der Waals surface area (Å²) in [6, 6.07) is 5.84. The van der Waals surface area contributed by atoms with E-state index in [1.54, 1.807) is 12.1 Å². The van der Waals surface area contributed by atoms with Gasteiger partial charge in [0.05, 0.1) is 0 Å². The Bertz CT molecular complexity index is 476. The maximum atomic E-state index is 13.4. The molecule has 2 rings (SSSR count). The van der Waals surface area contributed by atoms with Crippen LogP contribution in [0.5, 0.6) is 0 Å². The van der Waals surface area contributed by atoms with Gasteiger partial charge in [-0.3, -0.25) is 0 Å². The second-order valence-electron chi connectivity index (χ2n) is 7.84. The molecule has 0 aliphatic heterocycles. The Morgan fingerprint density at radius 3 is 2.67 bits per heavy atom. The minimum atomic E-state index is -0.122. The molecule has 2 heteroatoms. The van der Waals surface area contributed by atoms with Gasteiger partial charge in [0.2, 0.25) is 0 Å². The van der Waals surface area contributed by atoms with E-state index in [1.165, 1.54) is 24.8 Å². The fourth-order valence-electron chi connectivity index (χ4n) is 3.69. The van der Waals surface area contributed by atoms with Crippen LogP contribution in [0.3, 0.4) is 0 Å². The topological polar surface area (TPSA) is 12.0 Å². The van der Waals surface area contributed by atoms with Crippen LogP contribution >= 0.6 is 0 Å². The van der Waals surface area contributed by atoms with Crippen molar-refractivity contribution in [1.82, 2.24) is 5.32 Å². The van der Waals surface area contributed by atoms with Crippen molar-refractivity contribution in [1.29, 1.82) is 0 Å². The molecule has 118 valence electrons. The molecule has 21 heavy (non-hydrogen) atoms. The highest BCUT2D eigenvalue weighted by Crippen LogP contribution is 2.47. The molecule has 1 saturated carbocycles. The molecule has 0 aromatic heterocycles. The van der Waals surface area contributed by atoms with E-state index in [0.29, 0.717) is 23.3 Å². The fourth-order valence-corrected chi connectivity index (χ4v) is 3.69. The number of benzene rings is 1. The molecule has 1 aromatic carbocycles. The minimum Gasteiger partial charge on any atom is -0.314 e. The van der Waals surface area contributed by atoms with Gasteiger partial charge in [-0.15, -0.1) is 0 Å². The van der Waals surface area contributed by atoms with Crippen LogP contribution in [0.25, 0.3) is 0 Å². The Kier molecular flexibility index (Phi) is 5.08. The first kappa shape index (κ1) is 16.5. The van der Waals surface area contributed by atoms with Gasteiger partial charge in [-0.1, -0.05) is 33.8 Å². The van der Waals surface area contributed by atoms with E-state index in [9.17, 15) is 4.39 Å². The average Bonchev–Trinajstić information content (AvgIpc) is 2.36. The van der Waals surface area contributed by atoms with E-state index >= 15 is 0 Å². The van der Waals surface area contributed by atoms with Crippen molar-refractivity contribution < 1.29 is 4.39 Å². The van der Waals surface area contributed by atoms with Crippen LogP contribution in [0.2, 0.25) is 0 Å². The van der Waals surface area contributed by atoms with Crippen molar-refractivity contribution in [3.63, 3.8) is 0 Å². The van der Waals surface area contributed by atoms with Crippen molar-refractivity contribution in [2.75, 3.05) is 6.54 Å². The summed E-state index contributed by atoms with van der Waals surface area (Å²) in [5, 5.41) is 3.60. The summed E-state index contributed by atoms with van der Waals surface area (Å²) >= 11 is 0. The maximum Gasteiger partial charge on any atom is 0.123 e. The van der Waals surface area contributed by atoms with Gasteiger partial charge in [0.25, 0.3) is 0 Å². The lowest BCUT2D eigenvalue weighted by Crippen LogP contribution is -2.37. The van der Waals surface area contributed by atoms with Gasteiger partial charge < -0.3 is 5.32 Å². The second kappa shape index (κ2) is 6.48. The zero-order chi connectivity index (χ0) is 15.6. The summed E-state index contributed by atoms with van der Waals surface area (Å²) in [5.74, 6) is 1.08. The van der Waals surface area contributed by atoms with Crippen molar-refractivity contribution >= 4 is 0 Å². The Hall–Kier alpha value is -0.890. The fraction of sp³-hybridized carbons (Fsp3) is 0.684.